The van der Waals surface area contributed by atoms with Gasteiger partial charge in [0.2, 0.25) is 0 Å². The van der Waals surface area contributed by atoms with Crippen LogP contribution in [-0.4, -0.2) is 15.9 Å². The fourth-order valence-electron chi connectivity index (χ4n) is 0.966. The SMILES string of the molecule is Cc1cnc(NC(=O)c2csc(N)n2)s1. The van der Waals surface area contributed by atoms with E-state index in [9.17, 15) is 4.79 Å². The molecule has 0 unspecified atom stereocenters. The van der Waals surface area contributed by atoms with Crippen LogP contribution in [0.1, 0.15) is 15.4 Å². The van der Waals surface area contributed by atoms with Gasteiger partial charge in [-0.15, -0.1) is 22.7 Å². The second-order valence-corrected chi connectivity index (χ2v) is 4.93. The summed E-state index contributed by atoms with van der Waals surface area (Å²) >= 11 is 2.66. The second kappa shape index (κ2) is 3.95. The highest BCUT2D eigenvalue weighted by Gasteiger charge is 2.11. The first-order chi connectivity index (χ1) is 7.15. The van der Waals surface area contributed by atoms with Crippen LogP contribution >= 0.6 is 22.7 Å². The Morgan fingerprint density at radius 3 is 2.93 bits per heavy atom. The number of aryl methyl sites for hydroxylation is 1. The maximum atomic E-state index is 11.6. The fraction of sp³-hybridized carbons (Fsp3) is 0.125. The highest BCUT2D eigenvalue weighted by molar-refractivity contribution is 7.15. The molecule has 0 spiro atoms. The van der Waals surface area contributed by atoms with E-state index in [1.807, 2.05) is 6.92 Å². The van der Waals surface area contributed by atoms with Crippen molar-refractivity contribution in [2.45, 2.75) is 6.92 Å². The van der Waals surface area contributed by atoms with Crippen LogP contribution in [0.25, 0.3) is 0 Å². The molecule has 0 radical (unpaired) electrons. The molecule has 0 bridgehead atoms. The number of hydrogen-bond donors (Lipinski definition) is 2. The summed E-state index contributed by atoms with van der Waals surface area (Å²) < 4.78 is 0. The van der Waals surface area contributed by atoms with Crippen LogP contribution in [0.5, 0.6) is 0 Å². The van der Waals surface area contributed by atoms with Crippen LogP contribution in [0, 0.1) is 6.92 Å². The minimum atomic E-state index is -0.280. The number of hydrogen-bond acceptors (Lipinski definition) is 6. The molecule has 0 aliphatic heterocycles. The maximum absolute atomic E-state index is 11.6. The van der Waals surface area contributed by atoms with Gasteiger partial charge >= 0.3 is 0 Å². The molecule has 2 rings (SSSR count). The first-order valence-corrected chi connectivity index (χ1v) is 5.79. The number of rotatable bonds is 2. The molecule has 0 fully saturated rings. The number of nitrogens with zero attached hydrogens (tertiary/aromatic N) is 2. The molecule has 1 amide bonds. The number of nitrogens with one attached hydrogen (secondary N) is 1. The summed E-state index contributed by atoms with van der Waals surface area (Å²) in [5, 5.41) is 5.22. The molecule has 15 heavy (non-hydrogen) atoms. The van der Waals surface area contributed by atoms with Gasteiger partial charge in [0.05, 0.1) is 0 Å². The van der Waals surface area contributed by atoms with Gasteiger partial charge in [-0.05, 0) is 6.92 Å². The first-order valence-electron chi connectivity index (χ1n) is 4.10. The molecule has 3 N–H and O–H groups in total. The number of aromatic nitrogens is 2. The van der Waals surface area contributed by atoms with E-state index in [2.05, 4.69) is 15.3 Å². The zero-order valence-corrected chi connectivity index (χ0v) is 9.48. The Morgan fingerprint density at radius 1 is 1.60 bits per heavy atom. The lowest BCUT2D eigenvalue weighted by molar-refractivity contribution is 0.102. The Morgan fingerprint density at radius 2 is 2.40 bits per heavy atom. The van der Waals surface area contributed by atoms with E-state index in [1.54, 1.807) is 11.6 Å². The fourth-order valence-corrected chi connectivity index (χ4v) is 2.17. The first kappa shape index (κ1) is 10.1. The third-order valence-electron chi connectivity index (χ3n) is 1.60. The highest BCUT2D eigenvalue weighted by Crippen LogP contribution is 2.18. The van der Waals surface area contributed by atoms with Crippen molar-refractivity contribution in [2.24, 2.45) is 0 Å². The Kier molecular flexibility index (Phi) is 2.65. The predicted octanol–water partition coefficient (Wildman–Crippen LogP) is 1.74. The molecule has 0 aromatic carbocycles. The Labute approximate surface area is 94.0 Å². The van der Waals surface area contributed by atoms with E-state index >= 15 is 0 Å². The van der Waals surface area contributed by atoms with E-state index in [0.29, 0.717) is 16.0 Å². The third kappa shape index (κ3) is 2.31. The van der Waals surface area contributed by atoms with Gasteiger partial charge in [-0.25, -0.2) is 9.97 Å². The lowest BCUT2D eigenvalue weighted by Crippen LogP contribution is -2.12. The summed E-state index contributed by atoms with van der Waals surface area (Å²) in [6, 6.07) is 0. The quantitative estimate of drug-likeness (QED) is 0.837. The average Bonchev–Trinajstić information content (AvgIpc) is 2.75. The summed E-state index contributed by atoms with van der Waals surface area (Å²) in [5.41, 5.74) is 5.75. The van der Waals surface area contributed by atoms with Gasteiger partial charge in [0.25, 0.3) is 5.91 Å². The number of carbonyl (C=O) groups is 1. The van der Waals surface area contributed by atoms with Crippen molar-refractivity contribution >= 4 is 38.8 Å². The number of amides is 1. The Bertz CT molecular complexity index is 490. The van der Waals surface area contributed by atoms with Gasteiger partial charge in [-0.3, -0.25) is 10.1 Å². The monoisotopic (exact) mass is 240 g/mol. The summed E-state index contributed by atoms with van der Waals surface area (Å²) in [4.78, 5) is 20.5. The van der Waals surface area contributed by atoms with Crippen molar-refractivity contribution in [2.75, 3.05) is 11.1 Å². The van der Waals surface area contributed by atoms with Crippen molar-refractivity contribution in [3.05, 3.63) is 22.1 Å². The molecule has 7 heteroatoms. The van der Waals surface area contributed by atoms with Crippen molar-refractivity contribution in [1.29, 1.82) is 0 Å². The van der Waals surface area contributed by atoms with Gasteiger partial charge in [0.1, 0.15) is 5.69 Å². The lowest BCUT2D eigenvalue weighted by atomic mass is 10.5. The lowest BCUT2D eigenvalue weighted by Gasteiger charge is -1.96. The zero-order valence-electron chi connectivity index (χ0n) is 7.85. The number of nitrogen functional groups attached to an aromatic ring is 1. The predicted molar refractivity (Wildman–Crippen MR) is 61.3 cm³/mol. The van der Waals surface area contributed by atoms with Crippen LogP contribution in [0.3, 0.4) is 0 Å². The van der Waals surface area contributed by atoms with Crippen LogP contribution in [0.2, 0.25) is 0 Å². The Balaban J connectivity index is 2.10. The van der Waals surface area contributed by atoms with Crippen LogP contribution in [0.4, 0.5) is 10.3 Å². The van der Waals surface area contributed by atoms with E-state index < -0.39 is 0 Å². The van der Waals surface area contributed by atoms with Gasteiger partial charge in [0, 0.05) is 16.5 Å². The van der Waals surface area contributed by atoms with Crippen molar-refractivity contribution in [1.82, 2.24) is 9.97 Å². The topological polar surface area (TPSA) is 80.9 Å². The van der Waals surface area contributed by atoms with E-state index in [0.717, 1.165) is 4.88 Å². The molecule has 78 valence electrons. The molecule has 0 atom stereocenters. The third-order valence-corrected chi connectivity index (χ3v) is 3.10. The molecule has 2 heterocycles. The number of anilines is 2. The highest BCUT2D eigenvalue weighted by atomic mass is 32.1. The van der Waals surface area contributed by atoms with E-state index in [4.69, 9.17) is 5.73 Å². The van der Waals surface area contributed by atoms with Crippen LogP contribution < -0.4 is 11.1 Å². The molecule has 2 aromatic rings. The summed E-state index contributed by atoms with van der Waals surface area (Å²) in [7, 11) is 0. The normalized spacial score (nSPS) is 10.2. The van der Waals surface area contributed by atoms with Crippen molar-refractivity contribution in [3.8, 4) is 0 Å². The van der Waals surface area contributed by atoms with E-state index in [-0.39, 0.29) is 5.91 Å². The minimum absolute atomic E-state index is 0.280. The molecular weight excluding hydrogens is 232 g/mol. The second-order valence-electron chi connectivity index (χ2n) is 2.80. The van der Waals surface area contributed by atoms with Gasteiger partial charge < -0.3 is 5.73 Å². The minimum Gasteiger partial charge on any atom is -0.375 e. The van der Waals surface area contributed by atoms with Gasteiger partial charge in [-0.2, -0.15) is 0 Å². The average molecular weight is 240 g/mol. The van der Waals surface area contributed by atoms with Gasteiger partial charge in [-0.1, -0.05) is 0 Å². The van der Waals surface area contributed by atoms with E-state index in [1.165, 1.54) is 22.7 Å². The smallest absolute Gasteiger partial charge is 0.276 e. The molecular formula is C8H8N4OS2. The van der Waals surface area contributed by atoms with Crippen LogP contribution in [0.15, 0.2) is 11.6 Å². The summed E-state index contributed by atoms with van der Waals surface area (Å²) in [5.74, 6) is -0.280. The molecule has 0 aliphatic rings. The van der Waals surface area contributed by atoms with Crippen molar-refractivity contribution < 1.29 is 4.79 Å². The summed E-state index contributed by atoms with van der Waals surface area (Å²) in [6.45, 7) is 1.92. The molecule has 0 saturated carbocycles. The largest absolute Gasteiger partial charge is 0.375 e. The molecule has 0 saturated heterocycles. The standard InChI is InChI=1S/C8H8N4OS2/c1-4-2-10-8(15-4)12-6(13)5-3-14-7(9)11-5/h2-3H,1H3,(H2,9,11)(H,10,12,13). The Hall–Kier alpha value is -1.47. The van der Waals surface area contributed by atoms with Crippen LogP contribution in [-0.2, 0) is 0 Å². The molecule has 5 nitrogen and oxygen atoms in total. The number of nitrogens with two attached hydrogens (primary N) is 1. The zero-order chi connectivity index (χ0) is 10.8. The molecule has 0 aliphatic carbocycles. The van der Waals surface area contributed by atoms with Crippen molar-refractivity contribution in [3.63, 3.8) is 0 Å². The van der Waals surface area contributed by atoms with Gasteiger partial charge in [0.15, 0.2) is 10.3 Å². The molecule has 2 aromatic heterocycles. The maximum Gasteiger partial charge on any atom is 0.276 e. The number of thiazole rings is 2. The summed E-state index contributed by atoms with van der Waals surface area (Å²) in [6.07, 6.45) is 1.70. The number of carbonyl (C=O) groups excluding carboxylic acids is 1.